The predicted molar refractivity (Wildman–Crippen MR) is 73.7 cm³/mol. The number of carbonyl (C=O) groups excluding carboxylic acids is 1. The summed E-state index contributed by atoms with van der Waals surface area (Å²) in [4.78, 5) is 12.1. The van der Waals surface area contributed by atoms with Crippen molar-refractivity contribution in [1.82, 2.24) is 0 Å². The van der Waals surface area contributed by atoms with Crippen molar-refractivity contribution in [2.24, 2.45) is 5.92 Å². The Morgan fingerprint density at radius 1 is 1.35 bits per heavy atom. The van der Waals surface area contributed by atoms with Crippen LogP contribution in [0.3, 0.4) is 0 Å². The summed E-state index contributed by atoms with van der Waals surface area (Å²) in [5.74, 6) is 1.05. The Morgan fingerprint density at radius 2 is 2.10 bits per heavy atom. The first kappa shape index (κ1) is 13.4. The fraction of sp³-hybridized carbons (Fsp3) is 0.562. The van der Waals surface area contributed by atoms with Crippen molar-refractivity contribution in [3.63, 3.8) is 0 Å². The van der Waals surface area contributed by atoms with E-state index in [9.17, 15) is 4.79 Å². The molecule has 4 heteroatoms. The smallest absolute Gasteiger partial charge is 0.310 e. The van der Waals surface area contributed by atoms with Crippen molar-refractivity contribution in [1.29, 1.82) is 0 Å². The van der Waals surface area contributed by atoms with E-state index in [-0.39, 0.29) is 11.6 Å². The van der Waals surface area contributed by atoms with Crippen LogP contribution in [0.25, 0.3) is 0 Å². The topological polar surface area (TPSA) is 44.8 Å². The first-order chi connectivity index (χ1) is 9.72. The number of esters is 1. The van der Waals surface area contributed by atoms with Crippen molar-refractivity contribution in [2.45, 2.75) is 31.3 Å². The molecule has 0 unspecified atom stereocenters. The van der Waals surface area contributed by atoms with Gasteiger partial charge < -0.3 is 14.2 Å². The summed E-state index contributed by atoms with van der Waals surface area (Å²) >= 11 is 0. The fourth-order valence-corrected chi connectivity index (χ4v) is 2.84. The maximum absolute atomic E-state index is 12.1. The van der Waals surface area contributed by atoms with E-state index in [2.05, 4.69) is 0 Å². The second-order valence-corrected chi connectivity index (χ2v) is 5.62. The quantitative estimate of drug-likeness (QED) is 0.774. The number of methoxy groups -OCH3 is 1. The van der Waals surface area contributed by atoms with Crippen LogP contribution in [0.5, 0.6) is 5.75 Å². The molecule has 1 aromatic rings. The summed E-state index contributed by atoms with van der Waals surface area (Å²) in [5, 5.41) is 0. The van der Waals surface area contributed by atoms with E-state index in [1.807, 2.05) is 24.3 Å². The van der Waals surface area contributed by atoms with Crippen LogP contribution in [0.2, 0.25) is 0 Å². The van der Waals surface area contributed by atoms with Gasteiger partial charge in [0, 0.05) is 12.5 Å². The molecule has 0 spiro atoms. The Hall–Kier alpha value is -1.55. The maximum Gasteiger partial charge on any atom is 0.310 e. The highest BCUT2D eigenvalue weighted by Crippen LogP contribution is 2.49. The average Bonchev–Trinajstić information content (AvgIpc) is 3.02. The molecule has 1 heterocycles. The van der Waals surface area contributed by atoms with Crippen LogP contribution >= 0.6 is 0 Å². The standard InChI is InChI=1S/C16H20O4/c1-18-14-4-2-12(3-5-14)10-15(17)20-16(7-8-16)13-6-9-19-11-13/h2-5,13H,6-11H2,1H3/t13-/m1/s1. The monoisotopic (exact) mass is 276 g/mol. The summed E-state index contributed by atoms with van der Waals surface area (Å²) in [7, 11) is 1.63. The molecule has 2 aliphatic rings. The van der Waals surface area contributed by atoms with Gasteiger partial charge in [-0.2, -0.15) is 0 Å². The van der Waals surface area contributed by atoms with Crippen molar-refractivity contribution >= 4 is 5.97 Å². The molecule has 0 amide bonds. The molecule has 0 bridgehead atoms. The molecule has 0 radical (unpaired) electrons. The summed E-state index contributed by atoms with van der Waals surface area (Å²) in [5.41, 5.74) is 0.731. The van der Waals surface area contributed by atoms with Crippen LogP contribution in [0, 0.1) is 5.92 Å². The molecule has 108 valence electrons. The van der Waals surface area contributed by atoms with Crippen LogP contribution in [0.15, 0.2) is 24.3 Å². The lowest BCUT2D eigenvalue weighted by atomic mass is 9.99. The van der Waals surface area contributed by atoms with Gasteiger partial charge in [-0.15, -0.1) is 0 Å². The zero-order chi connectivity index (χ0) is 14.0. The van der Waals surface area contributed by atoms with Crippen molar-refractivity contribution < 1.29 is 19.0 Å². The highest BCUT2D eigenvalue weighted by Gasteiger charge is 2.54. The van der Waals surface area contributed by atoms with Gasteiger partial charge in [0.1, 0.15) is 11.4 Å². The molecule has 1 atom stereocenters. The SMILES string of the molecule is COc1ccc(CC(=O)OC2([C@@H]3CCOC3)CC2)cc1. The summed E-state index contributed by atoms with van der Waals surface area (Å²) < 4.78 is 16.2. The number of ether oxygens (including phenoxy) is 3. The molecule has 1 aliphatic carbocycles. The highest BCUT2D eigenvalue weighted by molar-refractivity contribution is 5.73. The van der Waals surface area contributed by atoms with Gasteiger partial charge in [0.2, 0.25) is 0 Å². The lowest BCUT2D eigenvalue weighted by molar-refractivity contribution is -0.153. The van der Waals surface area contributed by atoms with Crippen molar-refractivity contribution in [2.75, 3.05) is 20.3 Å². The Labute approximate surface area is 119 Å². The third-order valence-corrected chi connectivity index (χ3v) is 4.24. The van der Waals surface area contributed by atoms with E-state index in [1.54, 1.807) is 7.11 Å². The largest absolute Gasteiger partial charge is 0.497 e. The van der Waals surface area contributed by atoms with Crippen molar-refractivity contribution in [3.05, 3.63) is 29.8 Å². The Kier molecular flexibility index (Phi) is 3.66. The van der Waals surface area contributed by atoms with Crippen molar-refractivity contribution in [3.8, 4) is 5.75 Å². The van der Waals surface area contributed by atoms with Gasteiger partial charge in [-0.1, -0.05) is 12.1 Å². The zero-order valence-corrected chi connectivity index (χ0v) is 11.8. The minimum atomic E-state index is -0.222. The lowest BCUT2D eigenvalue weighted by Crippen LogP contribution is -2.30. The second-order valence-electron chi connectivity index (χ2n) is 5.62. The van der Waals surface area contributed by atoms with E-state index in [0.29, 0.717) is 12.3 Å². The number of carbonyl (C=O) groups is 1. The second kappa shape index (κ2) is 5.44. The zero-order valence-electron chi connectivity index (χ0n) is 11.8. The van der Waals surface area contributed by atoms with E-state index in [4.69, 9.17) is 14.2 Å². The van der Waals surface area contributed by atoms with Gasteiger partial charge in [0.25, 0.3) is 0 Å². The molecule has 0 N–H and O–H groups in total. The molecular formula is C16H20O4. The molecule has 2 fully saturated rings. The number of hydrogen-bond acceptors (Lipinski definition) is 4. The van der Waals surface area contributed by atoms with E-state index in [0.717, 1.165) is 43.8 Å². The van der Waals surface area contributed by atoms with Crippen LogP contribution in [-0.2, 0) is 20.7 Å². The molecule has 20 heavy (non-hydrogen) atoms. The van der Waals surface area contributed by atoms with Gasteiger partial charge >= 0.3 is 5.97 Å². The molecule has 0 aromatic heterocycles. The number of benzene rings is 1. The number of rotatable bonds is 5. The van der Waals surface area contributed by atoms with Crippen LogP contribution in [0.4, 0.5) is 0 Å². The maximum atomic E-state index is 12.1. The summed E-state index contributed by atoms with van der Waals surface area (Å²) in [6.45, 7) is 1.53. The Bertz CT molecular complexity index is 470. The van der Waals surface area contributed by atoms with Crippen LogP contribution in [-0.4, -0.2) is 31.9 Å². The van der Waals surface area contributed by atoms with Gasteiger partial charge in [0.15, 0.2) is 0 Å². The van der Waals surface area contributed by atoms with E-state index >= 15 is 0 Å². The molecular weight excluding hydrogens is 256 g/mol. The van der Waals surface area contributed by atoms with Gasteiger partial charge in [0.05, 0.1) is 20.1 Å². The minimum absolute atomic E-state index is 0.139. The normalized spacial score (nSPS) is 23.4. The molecule has 1 saturated heterocycles. The first-order valence-corrected chi connectivity index (χ1v) is 7.14. The van der Waals surface area contributed by atoms with Crippen LogP contribution in [0.1, 0.15) is 24.8 Å². The third kappa shape index (κ3) is 2.80. The predicted octanol–water partition coefficient (Wildman–Crippen LogP) is 2.35. The molecule has 1 saturated carbocycles. The van der Waals surface area contributed by atoms with Gasteiger partial charge in [-0.05, 0) is 37.0 Å². The highest BCUT2D eigenvalue weighted by atomic mass is 16.6. The number of hydrogen-bond donors (Lipinski definition) is 0. The average molecular weight is 276 g/mol. The molecule has 1 aromatic carbocycles. The summed E-state index contributed by atoms with van der Waals surface area (Å²) in [6, 6.07) is 7.53. The first-order valence-electron chi connectivity index (χ1n) is 7.14. The molecule has 3 rings (SSSR count). The Morgan fingerprint density at radius 3 is 2.65 bits per heavy atom. The van der Waals surface area contributed by atoms with Gasteiger partial charge in [-0.25, -0.2) is 0 Å². The molecule has 4 nitrogen and oxygen atoms in total. The van der Waals surface area contributed by atoms with Crippen LogP contribution < -0.4 is 4.74 Å². The van der Waals surface area contributed by atoms with Gasteiger partial charge in [-0.3, -0.25) is 4.79 Å². The minimum Gasteiger partial charge on any atom is -0.497 e. The lowest BCUT2D eigenvalue weighted by Gasteiger charge is -2.22. The summed E-state index contributed by atoms with van der Waals surface area (Å²) in [6.07, 6.45) is 3.29. The van der Waals surface area contributed by atoms with E-state index < -0.39 is 0 Å². The Balaban J connectivity index is 1.56. The van der Waals surface area contributed by atoms with E-state index in [1.165, 1.54) is 0 Å². The fourth-order valence-electron chi connectivity index (χ4n) is 2.84. The molecule has 1 aliphatic heterocycles. The third-order valence-electron chi connectivity index (χ3n) is 4.24.